The van der Waals surface area contributed by atoms with Crippen molar-refractivity contribution in [1.82, 2.24) is 3.97 Å². The minimum atomic E-state index is -3.65. The maximum atomic E-state index is 13.0. The number of rotatable bonds is 5. The van der Waals surface area contributed by atoms with E-state index in [-0.39, 0.29) is 4.90 Å². The Kier molecular flexibility index (Phi) is 4.79. The third-order valence-corrected chi connectivity index (χ3v) is 6.61. The van der Waals surface area contributed by atoms with Crippen molar-refractivity contribution in [2.75, 3.05) is 0 Å². The number of benzene rings is 3. The van der Waals surface area contributed by atoms with Crippen LogP contribution < -0.4 is 0 Å². The Morgan fingerprint density at radius 1 is 0.929 bits per heavy atom. The Morgan fingerprint density at radius 2 is 1.64 bits per heavy atom. The molecule has 4 aromatic rings. The zero-order valence-corrected chi connectivity index (χ0v) is 16.3. The summed E-state index contributed by atoms with van der Waals surface area (Å²) in [7, 11) is -3.65. The molecule has 0 spiro atoms. The number of aromatic nitrogens is 1. The molecule has 4 nitrogen and oxygen atoms in total. The smallest absolute Gasteiger partial charge is 0.268 e. The highest BCUT2D eigenvalue weighted by Gasteiger charge is 2.19. The second-order valence-electron chi connectivity index (χ2n) is 6.95. The number of aliphatic hydroxyl groups is 1. The summed E-state index contributed by atoms with van der Waals surface area (Å²) in [5.41, 5.74) is 3.45. The van der Waals surface area contributed by atoms with Crippen LogP contribution in [0.1, 0.15) is 22.8 Å². The molecule has 0 aliphatic carbocycles. The highest BCUT2D eigenvalue weighted by atomic mass is 32.2. The van der Waals surface area contributed by atoms with Crippen LogP contribution in [0.25, 0.3) is 10.9 Å². The second-order valence-corrected chi connectivity index (χ2v) is 8.77. The van der Waals surface area contributed by atoms with Gasteiger partial charge >= 0.3 is 0 Å². The van der Waals surface area contributed by atoms with Gasteiger partial charge in [-0.15, -0.1) is 0 Å². The average Bonchev–Trinajstić information content (AvgIpc) is 3.13. The van der Waals surface area contributed by atoms with Crippen LogP contribution in [0.15, 0.2) is 90.0 Å². The molecule has 0 aliphatic rings. The van der Waals surface area contributed by atoms with Crippen LogP contribution in [-0.4, -0.2) is 17.5 Å². The van der Waals surface area contributed by atoms with E-state index in [4.69, 9.17) is 0 Å². The van der Waals surface area contributed by atoms with Gasteiger partial charge in [-0.3, -0.25) is 0 Å². The van der Waals surface area contributed by atoms with Crippen molar-refractivity contribution in [3.63, 3.8) is 0 Å². The maximum absolute atomic E-state index is 13.0. The Bertz CT molecular complexity index is 1210. The molecule has 0 radical (unpaired) electrons. The van der Waals surface area contributed by atoms with E-state index in [1.807, 2.05) is 49.4 Å². The highest BCUT2D eigenvalue weighted by Crippen LogP contribution is 2.25. The zero-order chi connectivity index (χ0) is 19.7. The van der Waals surface area contributed by atoms with Gasteiger partial charge in [-0.05, 0) is 48.4 Å². The molecule has 28 heavy (non-hydrogen) atoms. The standard InChI is InChI=1S/C23H21NO3S/c1-17-7-10-21(11-8-17)28(26,27)24-14-13-20-15-18(9-12-22(20)24)16-23(25)19-5-3-2-4-6-19/h2-15,23,25H,16H2,1H3. The molecular formula is C23H21NO3S. The summed E-state index contributed by atoms with van der Waals surface area (Å²) in [6, 6.07) is 23.7. The van der Waals surface area contributed by atoms with Gasteiger partial charge in [-0.1, -0.05) is 54.1 Å². The van der Waals surface area contributed by atoms with Crippen molar-refractivity contribution in [1.29, 1.82) is 0 Å². The summed E-state index contributed by atoms with van der Waals surface area (Å²) in [5, 5.41) is 11.3. The lowest BCUT2D eigenvalue weighted by Gasteiger charge is -2.12. The predicted octanol–water partition coefficient (Wildman–Crippen LogP) is 4.46. The summed E-state index contributed by atoms with van der Waals surface area (Å²) in [4.78, 5) is 0.263. The molecule has 142 valence electrons. The number of aryl methyl sites for hydroxylation is 1. The molecule has 0 saturated carbocycles. The first-order valence-corrected chi connectivity index (χ1v) is 10.5. The normalized spacial score (nSPS) is 12.9. The van der Waals surface area contributed by atoms with E-state index in [1.54, 1.807) is 42.6 Å². The molecular weight excluding hydrogens is 370 g/mol. The first-order valence-electron chi connectivity index (χ1n) is 9.10. The van der Waals surface area contributed by atoms with Crippen molar-refractivity contribution >= 4 is 20.9 Å². The van der Waals surface area contributed by atoms with Gasteiger partial charge in [0.05, 0.1) is 16.5 Å². The number of hydrogen-bond acceptors (Lipinski definition) is 3. The molecule has 4 rings (SSSR count). The van der Waals surface area contributed by atoms with Crippen molar-refractivity contribution < 1.29 is 13.5 Å². The first kappa shape index (κ1) is 18.5. The summed E-state index contributed by atoms with van der Waals surface area (Å²) in [6.45, 7) is 1.92. The summed E-state index contributed by atoms with van der Waals surface area (Å²) in [6.07, 6.45) is 1.45. The molecule has 5 heteroatoms. The van der Waals surface area contributed by atoms with Crippen LogP contribution in [0.4, 0.5) is 0 Å². The number of hydrogen-bond donors (Lipinski definition) is 1. The van der Waals surface area contributed by atoms with Crippen LogP contribution in [-0.2, 0) is 16.4 Å². The van der Waals surface area contributed by atoms with E-state index < -0.39 is 16.1 Å². The van der Waals surface area contributed by atoms with Crippen LogP contribution in [0.5, 0.6) is 0 Å². The molecule has 1 N–H and O–H groups in total. The topological polar surface area (TPSA) is 59.3 Å². The van der Waals surface area contributed by atoms with Gasteiger partial charge in [0.1, 0.15) is 0 Å². The van der Waals surface area contributed by atoms with Gasteiger partial charge < -0.3 is 5.11 Å². The molecule has 0 fully saturated rings. The summed E-state index contributed by atoms with van der Waals surface area (Å²) < 4.78 is 27.3. The molecule has 1 atom stereocenters. The van der Waals surface area contributed by atoms with Crippen molar-refractivity contribution in [2.45, 2.75) is 24.3 Å². The Hall–Kier alpha value is -2.89. The number of aliphatic hydroxyl groups excluding tert-OH is 1. The van der Waals surface area contributed by atoms with Crippen LogP contribution in [0.3, 0.4) is 0 Å². The maximum Gasteiger partial charge on any atom is 0.268 e. The van der Waals surface area contributed by atoms with E-state index in [9.17, 15) is 13.5 Å². The van der Waals surface area contributed by atoms with Gasteiger partial charge in [0, 0.05) is 18.0 Å². The van der Waals surface area contributed by atoms with E-state index in [2.05, 4.69) is 0 Å². The summed E-state index contributed by atoms with van der Waals surface area (Å²) in [5.74, 6) is 0. The van der Waals surface area contributed by atoms with E-state index in [0.717, 1.165) is 22.1 Å². The van der Waals surface area contributed by atoms with Gasteiger partial charge in [0.25, 0.3) is 10.0 Å². The zero-order valence-electron chi connectivity index (χ0n) is 15.5. The Morgan fingerprint density at radius 3 is 2.36 bits per heavy atom. The molecule has 0 bridgehead atoms. The average molecular weight is 391 g/mol. The summed E-state index contributed by atoms with van der Waals surface area (Å²) >= 11 is 0. The molecule has 3 aromatic carbocycles. The number of nitrogens with zero attached hydrogens (tertiary/aromatic N) is 1. The van der Waals surface area contributed by atoms with E-state index in [0.29, 0.717) is 11.9 Å². The highest BCUT2D eigenvalue weighted by molar-refractivity contribution is 7.90. The minimum Gasteiger partial charge on any atom is -0.388 e. The lowest BCUT2D eigenvalue weighted by molar-refractivity contribution is 0.178. The lowest BCUT2D eigenvalue weighted by Crippen LogP contribution is -2.11. The van der Waals surface area contributed by atoms with Crippen molar-refractivity contribution in [2.24, 2.45) is 0 Å². The van der Waals surface area contributed by atoms with Gasteiger partial charge in [0.15, 0.2) is 0 Å². The van der Waals surface area contributed by atoms with Crippen LogP contribution in [0, 0.1) is 6.92 Å². The van der Waals surface area contributed by atoms with Crippen molar-refractivity contribution in [3.8, 4) is 0 Å². The Labute approximate surface area is 164 Å². The largest absolute Gasteiger partial charge is 0.388 e. The van der Waals surface area contributed by atoms with Gasteiger partial charge in [0.2, 0.25) is 0 Å². The third kappa shape index (κ3) is 3.46. The molecule has 0 amide bonds. The van der Waals surface area contributed by atoms with Gasteiger partial charge in [-0.25, -0.2) is 12.4 Å². The van der Waals surface area contributed by atoms with E-state index >= 15 is 0 Å². The van der Waals surface area contributed by atoms with Crippen LogP contribution >= 0.6 is 0 Å². The first-order chi connectivity index (χ1) is 13.4. The minimum absolute atomic E-state index is 0.263. The molecule has 1 heterocycles. The SMILES string of the molecule is Cc1ccc(S(=O)(=O)n2ccc3cc(CC(O)c4ccccc4)ccc32)cc1. The Balaban J connectivity index is 1.66. The van der Waals surface area contributed by atoms with E-state index in [1.165, 1.54) is 3.97 Å². The second kappa shape index (κ2) is 7.26. The number of fused-ring (bicyclic) bond motifs is 1. The fourth-order valence-corrected chi connectivity index (χ4v) is 4.70. The fourth-order valence-electron chi connectivity index (χ4n) is 3.34. The third-order valence-electron chi connectivity index (χ3n) is 4.91. The van der Waals surface area contributed by atoms with Crippen molar-refractivity contribution in [3.05, 3.63) is 102 Å². The van der Waals surface area contributed by atoms with Gasteiger partial charge in [-0.2, -0.15) is 0 Å². The predicted molar refractivity (Wildman–Crippen MR) is 111 cm³/mol. The molecule has 1 unspecified atom stereocenters. The van der Waals surface area contributed by atoms with Crippen LogP contribution in [0.2, 0.25) is 0 Å². The quantitative estimate of drug-likeness (QED) is 0.546. The molecule has 0 aliphatic heterocycles. The molecule has 0 saturated heterocycles. The molecule has 1 aromatic heterocycles. The lowest BCUT2D eigenvalue weighted by atomic mass is 10.0. The fraction of sp³-hybridized carbons (Fsp3) is 0.130. The monoisotopic (exact) mass is 391 g/mol.